The summed E-state index contributed by atoms with van der Waals surface area (Å²) in [5.41, 5.74) is 0.273. The van der Waals surface area contributed by atoms with Gasteiger partial charge >= 0.3 is 0 Å². The lowest BCUT2D eigenvalue weighted by atomic mass is 10.2. The number of nitrogens with one attached hydrogen (secondary N) is 1. The van der Waals surface area contributed by atoms with Crippen molar-refractivity contribution in [2.75, 3.05) is 5.32 Å². The smallest absolute Gasteiger partial charge is 0.270 e. The maximum Gasteiger partial charge on any atom is 0.270 e. The highest BCUT2D eigenvalue weighted by Crippen LogP contribution is 2.17. The maximum atomic E-state index is 12.5. The number of carbonyl (C=O) groups is 1. The van der Waals surface area contributed by atoms with Crippen LogP contribution in [-0.2, 0) is 11.3 Å². The third kappa shape index (κ3) is 3.65. The molecule has 0 atom stereocenters. The minimum absolute atomic E-state index is 0.0961. The number of rotatable bonds is 4. The van der Waals surface area contributed by atoms with Crippen molar-refractivity contribution in [3.63, 3.8) is 0 Å². The molecule has 0 saturated carbocycles. The standard InChI is InChI=1S/C16H11IN4O4/c17-12-3-1-2-4-14(12)19-15(22)8-20-9-18-13-6-5-10(21(24)25)7-11(13)16(20)23/h1-7,9H,8H2,(H,19,22). The summed E-state index contributed by atoms with van der Waals surface area (Å²) in [6, 6.07) is 11.1. The van der Waals surface area contributed by atoms with Crippen molar-refractivity contribution < 1.29 is 9.72 Å². The van der Waals surface area contributed by atoms with Crippen molar-refractivity contribution in [3.05, 3.63) is 72.8 Å². The lowest BCUT2D eigenvalue weighted by Crippen LogP contribution is -2.28. The van der Waals surface area contributed by atoms with Gasteiger partial charge in [-0.1, -0.05) is 12.1 Å². The summed E-state index contributed by atoms with van der Waals surface area (Å²) in [5, 5.41) is 13.7. The van der Waals surface area contributed by atoms with Gasteiger partial charge in [0.25, 0.3) is 11.2 Å². The monoisotopic (exact) mass is 450 g/mol. The Labute approximate surface area is 154 Å². The van der Waals surface area contributed by atoms with E-state index in [4.69, 9.17) is 0 Å². The predicted molar refractivity (Wildman–Crippen MR) is 100 cm³/mol. The average Bonchev–Trinajstić information content (AvgIpc) is 2.59. The molecule has 1 N–H and O–H groups in total. The van der Waals surface area contributed by atoms with Gasteiger partial charge in [-0.15, -0.1) is 0 Å². The molecule has 0 spiro atoms. The summed E-state index contributed by atoms with van der Waals surface area (Å²) >= 11 is 2.09. The van der Waals surface area contributed by atoms with Crippen LogP contribution in [0.2, 0.25) is 0 Å². The van der Waals surface area contributed by atoms with E-state index in [-0.39, 0.29) is 17.6 Å². The van der Waals surface area contributed by atoms with Crippen LogP contribution in [0.3, 0.4) is 0 Å². The number of hydrogen-bond acceptors (Lipinski definition) is 5. The second-order valence-electron chi connectivity index (χ2n) is 5.16. The number of non-ortho nitro benzene ring substituents is 1. The third-order valence-electron chi connectivity index (χ3n) is 3.48. The van der Waals surface area contributed by atoms with E-state index in [2.05, 4.69) is 32.9 Å². The predicted octanol–water partition coefficient (Wildman–Crippen LogP) is 2.55. The Hall–Kier alpha value is -2.82. The van der Waals surface area contributed by atoms with E-state index in [0.717, 1.165) is 8.14 Å². The molecule has 25 heavy (non-hydrogen) atoms. The Balaban J connectivity index is 1.90. The van der Waals surface area contributed by atoms with Crippen LogP contribution in [0.5, 0.6) is 0 Å². The van der Waals surface area contributed by atoms with Crippen LogP contribution in [0.15, 0.2) is 53.6 Å². The summed E-state index contributed by atoms with van der Waals surface area (Å²) in [4.78, 5) is 39.0. The molecule has 1 heterocycles. The average molecular weight is 450 g/mol. The molecule has 9 heteroatoms. The second kappa shape index (κ2) is 6.97. The van der Waals surface area contributed by atoms with Crippen molar-refractivity contribution in [1.82, 2.24) is 9.55 Å². The number of aromatic nitrogens is 2. The topological polar surface area (TPSA) is 107 Å². The maximum absolute atomic E-state index is 12.5. The molecule has 126 valence electrons. The molecule has 0 aliphatic carbocycles. The number of halogens is 1. The van der Waals surface area contributed by atoms with E-state index in [1.807, 2.05) is 12.1 Å². The first-order chi connectivity index (χ1) is 12.0. The highest BCUT2D eigenvalue weighted by atomic mass is 127. The van der Waals surface area contributed by atoms with Gasteiger partial charge in [-0.3, -0.25) is 24.3 Å². The van der Waals surface area contributed by atoms with Crippen molar-refractivity contribution in [3.8, 4) is 0 Å². The van der Waals surface area contributed by atoms with Gasteiger partial charge in [0.2, 0.25) is 5.91 Å². The molecule has 0 aliphatic heterocycles. The molecular weight excluding hydrogens is 439 g/mol. The van der Waals surface area contributed by atoms with Crippen molar-refractivity contribution in [1.29, 1.82) is 0 Å². The van der Waals surface area contributed by atoms with E-state index in [9.17, 15) is 19.7 Å². The summed E-state index contributed by atoms with van der Waals surface area (Å²) < 4.78 is 1.99. The lowest BCUT2D eigenvalue weighted by molar-refractivity contribution is -0.384. The minimum Gasteiger partial charge on any atom is -0.324 e. The van der Waals surface area contributed by atoms with Gasteiger partial charge in [0.15, 0.2) is 0 Å². The first kappa shape index (κ1) is 17.0. The zero-order valence-electron chi connectivity index (χ0n) is 12.7. The van der Waals surface area contributed by atoms with Gasteiger partial charge < -0.3 is 5.32 Å². The summed E-state index contributed by atoms with van der Waals surface area (Å²) in [5.74, 6) is -0.391. The fourth-order valence-corrected chi connectivity index (χ4v) is 2.80. The van der Waals surface area contributed by atoms with Gasteiger partial charge in [0.1, 0.15) is 6.54 Å². The summed E-state index contributed by atoms with van der Waals surface area (Å²) in [7, 11) is 0. The SMILES string of the molecule is O=C(Cn1cnc2ccc([N+](=O)[O-])cc2c1=O)Nc1ccccc1I. The van der Waals surface area contributed by atoms with Crippen LogP contribution in [0.1, 0.15) is 0 Å². The Kier molecular flexibility index (Phi) is 4.74. The molecule has 0 fully saturated rings. The number of nitro benzene ring substituents is 1. The quantitative estimate of drug-likeness (QED) is 0.374. The molecule has 1 aromatic heterocycles. The molecule has 0 bridgehead atoms. The van der Waals surface area contributed by atoms with E-state index < -0.39 is 16.4 Å². The number of hydrogen-bond donors (Lipinski definition) is 1. The number of benzene rings is 2. The van der Waals surface area contributed by atoms with E-state index in [1.54, 1.807) is 12.1 Å². The Bertz CT molecular complexity index is 1050. The Morgan fingerprint density at radius 3 is 2.76 bits per heavy atom. The molecule has 0 unspecified atom stereocenters. The number of fused-ring (bicyclic) bond motifs is 1. The van der Waals surface area contributed by atoms with Crippen LogP contribution in [0, 0.1) is 13.7 Å². The number of carbonyl (C=O) groups excluding carboxylic acids is 1. The van der Waals surface area contributed by atoms with Gasteiger partial charge in [0.05, 0.1) is 27.8 Å². The highest BCUT2D eigenvalue weighted by Gasteiger charge is 2.13. The number of nitrogens with zero attached hydrogens (tertiary/aromatic N) is 3. The molecule has 3 rings (SSSR count). The number of anilines is 1. The molecule has 3 aromatic rings. The Morgan fingerprint density at radius 2 is 2.04 bits per heavy atom. The van der Waals surface area contributed by atoms with Crippen LogP contribution in [-0.4, -0.2) is 20.4 Å². The molecule has 0 radical (unpaired) electrons. The van der Waals surface area contributed by atoms with Gasteiger partial charge in [-0.25, -0.2) is 4.98 Å². The lowest BCUT2D eigenvalue weighted by Gasteiger charge is -2.09. The molecule has 1 amide bonds. The van der Waals surface area contributed by atoms with Crippen LogP contribution in [0.4, 0.5) is 11.4 Å². The number of para-hydroxylation sites is 1. The number of nitro groups is 1. The highest BCUT2D eigenvalue weighted by molar-refractivity contribution is 14.1. The fraction of sp³-hybridized carbons (Fsp3) is 0.0625. The van der Waals surface area contributed by atoms with E-state index >= 15 is 0 Å². The second-order valence-corrected chi connectivity index (χ2v) is 6.33. The van der Waals surface area contributed by atoms with Crippen molar-refractivity contribution in [2.24, 2.45) is 0 Å². The Morgan fingerprint density at radius 1 is 1.28 bits per heavy atom. The summed E-state index contributed by atoms with van der Waals surface area (Å²) in [6.07, 6.45) is 1.26. The van der Waals surface area contributed by atoms with Gasteiger partial charge in [0, 0.05) is 15.7 Å². The van der Waals surface area contributed by atoms with Gasteiger partial charge in [-0.2, -0.15) is 0 Å². The van der Waals surface area contributed by atoms with Crippen LogP contribution in [0.25, 0.3) is 10.9 Å². The third-order valence-corrected chi connectivity index (χ3v) is 4.42. The van der Waals surface area contributed by atoms with E-state index in [1.165, 1.54) is 24.5 Å². The zero-order valence-corrected chi connectivity index (χ0v) is 14.8. The molecule has 0 saturated heterocycles. The minimum atomic E-state index is -0.583. The molecule has 2 aromatic carbocycles. The normalized spacial score (nSPS) is 10.6. The summed E-state index contributed by atoms with van der Waals surface area (Å²) in [6.45, 7) is -0.241. The van der Waals surface area contributed by atoms with E-state index in [0.29, 0.717) is 11.2 Å². The van der Waals surface area contributed by atoms with Crippen molar-refractivity contribution in [2.45, 2.75) is 6.54 Å². The zero-order chi connectivity index (χ0) is 18.0. The number of amides is 1. The first-order valence-electron chi connectivity index (χ1n) is 7.13. The largest absolute Gasteiger partial charge is 0.324 e. The van der Waals surface area contributed by atoms with Gasteiger partial charge in [-0.05, 0) is 40.8 Å². The molecular formula is C16H11IN4O4. The van der Waals surface area contributed by atoms with Crippen LogP contribution < -0.4 is 10.9 Å². The molecule has 8 nitrogen and oxygen atoms in total. The first-order valence-corrected chi connectivity index (χ1v) is 8.21. The van der Waals surface area contributed by atoms with Crippen LogP contribution >= 0.6 is 22.6 Å². The fourth-order valence-electron chi connectivity index (χ4n) is 2.28. The van der Waals surface area contributed by atoms with Crippen molar-refractivity contribution >= 4 is 50.8 Å². The molecule has 0 aliphatic rings.